The normalized spacial score (nSPS) is 14.4. The summed E-state index contributed by atoms with van der Waals surface area (Å²) in [5.74, 6) is 0.940. The van der Waals surface area contributed by atoms with Crippen LogP contribution in [-0.2, 0) is 17.6 Å². The molecule has 1 aliphatic carbocycles. The van der Waals surface area contributed by atoms with Crippen molar-refractivity contribution >= 4 is 17.2 Å². The number of rotatable bonds is 8. The van der Waals surface area contributed by atoms with E-state index in [9.17, 15) is 9.18 Å². The molecule has 1 fully saturated rings. The Morgan fingerprint density at radius 2 is 1.97 bits per heavy atom. The highest BCUT2D eigenvalue weighted by molar-refractivity contribution is 7.08. The summed E-state index contributed by atoms with van der Waals surface area (Å²) in [4.78, 5) is 19.4. The smallest absolute Gasteiger partial charge is 0.227 e. The molecule has 2 heterocycles. The number of carbonyl (C=O) groups excluding carboxylic acids is 1. The Morgan fingerprint density at radius 1 is 1.17 bits per heavy atom. The van der Waals surface area contributed by atoms with Gasteiger partial charge in [-0.25, -0.2) is 4.39 Å². The number of hydrogen-bond donors (Lipinski definition) is 0. The monoisotopic (exact) mass is 413 g/mol. The van der Waals surface area contributed by atoms with Crippen molar-refractivity contribution < 1.29 is 13.7 Å². The average Bonchev–Trinajstić information content (AvgIpc) is 3.49. The molecule has 0 N–H and O–H groups in total. The molecule has 2 aromatic heterocycles. The molecule has 0 radical (unpaired) electrons. The second-order valence-corrected chi connectivity index (χ2v) is 8.21. The van der Waals surface area contributed by atoms with Crippen molar-refractivity contribution in [3.63, 3.8) is 0 Å². The highest BCUT2D eigenvalue weighted by Crippen LogP contribution is 2.25. The fraction of sp³-hybridized carbons (Fsp3) is 0.409. The summed E-state index contributed by atoms with van der Waals surface area (Å²) in [6.07, 6.45) is 5.96. The number of aryl methyl sites for hydroxylation is 1. The first-order chi connectivity index (χ1) is 14.2. The molecular formula is C22H24FN3O2S. The van der Waals surface area contributed by atoms with Gasteiger partial charge in [-0.3, -0.25) is 4.79 Å². The maximum absolute atomic E-state index is 13.1. The highest BCUT2D eigenvalue weighted by atomic mass is 32.1. The lowest BCUT2D eigenvalue weighted by Gasteiger charge is -2.29. The largest absolute Gasteiger partial charge is 0.339 e. The molecule has 7 heteroatoms. The van der Waals surface area contributed by atoms with E-state index in [-0.39, 0.29) is 11.7 Å². The molecule has 4 rings (SSSR count). The quantitative estimate of drug-likeness (QED) is 0.528. The minimum atomic E-state index is -0.237. The number of hydrogen-bond acceptors (Lipinski definition) is 5. The maximum Gasteiger partial charge on any atom is 0.227 e. The lowest BCUT2D eigenvalue weighted by Crippen LogP contribution is -2.40. The van der Waals surface area contributed by atoms with E-state index in [4.69, 9.17) is 4.52 Å². The standard InChI is InChI=1S/C22H24FN3O2S/c23-18-7-5-16(6-8-18)11-13-26(19-3-1-2-4-19)21(27)10-9-20-24-22(25-28-20)17-12-14-29-15-17/h5-8,12,14-15,19H,1-4,9-11,13H2. The number of amides is 1. The van der Waals surface area contributed by atoms with E-state index < -0.39 is 0 Å². The third-order valence-corrected chi connectivity index (χ3v) is 6.12. The predicted molar refractivity (Wildman–Crippen MR) is 110 cm³/mol. The maximum atomic E-state index is 13.1. The molecular weight excluding hydrogens is 389 g/mol. The van der Waals surface area contributed by atoms with Gasteiger partial charge in [0.25, 0.3) is 0 Å². The molecule has 0 bridgehead atoms. The zero-order valence-corrected chi connectivity index (χ0v) is 17.0. The minimum absolute atomic E-state index is 0.120. The zero-order chi connectivity index (χ0) is 20.1. The Hall–Kier alpha value is -2.54. The predicted octanol–water partition coefficient (Wildman–Crippen LogP) is 4.88. The Labute approximate surface area is 173 Å². The van der Waals surface area contributed by atoms with Crippen LogP contribution in [0.2, 0.25) is 0 Å². The molecule has 5 nitrogen and oxygen atoms in total. The third-order valence-electron chi connectivity index (χ3n) is 5.44. The van der Waals surface area contributed by atoms with Crippen molar-refractivity contribution in [2.75, 3.05) is 6.54 Å². The first kappa shape index (κ1) is 19.8. The van der Waals surface area contributed by atoms with E-state index in [2.05, 4.69) is 10.1 Å². The van der Waals surface area contributed by atoms with Crippen LogP contribution in [0.3, 0.4) is 0 Å². The SMILES string of the molecule is O=C(CCc1nc(-c2ccsc2)no1)N(CCc1ccc(F)cc1)C1CCCC1. The lowest BCUT2D eigenvalue weighted by molar-refractivity contribution is -0.133. The Kier molecular flexibility index (Phi) is 6.34. The Balaban J connectivity index is 1.36. The summed E-state index contributed by atoms with van der Waals surface area (Å²) >= 11 is 1.58. The van der Waals surface area contributed by atoms with Gasteiger partial charge in [0.1, 0.15) is 5.82 Å². The molecule has 1 aromatic carbocycles. The summed E-state index contributed by atoms with van der Waals surface area (Å²) in [6.45, 7) is 0.652. The topological polar surface area (TPSA) is 59.2 Å². The molecule has 0 spiro atoms. The molecule has 0 unspecified atom stereocenters. The molecule has 1 aliphatic rings. The summed E-state index contributed by atoms with van der Waals surface area (Å²) in [7, 11) is 0. The summed E-state index contributed by atoms with van der Waals surface area (Å²) < 4.78 is 18.5. The second-order valence-electron chi connectivity index (χ2n) is 7.43. The van der Waals surface area contributed by atoms with Crippen molar-refractivity contribution in [3.05, 3.63) is 58.4 Å². The van der Waals surface area contributed by atoms with Crippen LogP contribution in [0.15, 0.2) is 45.6 Å². The zero-order valence-electron chi connectivity index (χ0n) is 16.2. The summed E-state index contributed by atoms with van der Waals surface area (Å²) in [6, 6.07) is 8.76. The van der Waals surface area contributed by atoms with Gasteiger partial charge in [-0.2, -0.15) is 16.3 Å². The average molecular weight is 414 g/mol. The molecule has 29 heavy (non-hydrogen) atoms. The number of carbonyl (C=O) groups is 1. The van der Waals surface area contributed by atoms with Crippen LogP contribution in [0.1, 0.15) is 43.6 Å². The lowest BCUT2D eigenvalue weighted by atomic mass is 10.1. The van der Waals surface area contributed by atoms with Crippen LogP contribution < -0.4 is 0 Å². The Bertz CT molecular complexity index is 918. The van der Waals surface area contributed by atoms with Crippen molar-refractivity contribution in [2.24, 2.45) is 0 Å². The van der Waals surface area contributed by atoms with Crippen LogP contribution in [0.4, 0.5) is 4.39 Å². The van der Waals surface area contributed by atoms with Gasteiger partial charge in [0.05, 0.1) is 0 Å². The number of aromatic nitrogens is 2. The molecule has 3 aromatic rings. The van der Waals surface area contributed by atoms with E-state index >= 15 is 0 Å². The van der Waals surface area contributed by atoms with Gasteiger partial charge in [0, 0.05) is 36.4 Å². The molecule has 1 amide bonds. The van der Waals surface area contributed by atoms with Crippen molar-refractivity contribution in [2.45, 2.75) is 51.0 Å². The van der Waals surface area contributed by atoms with Crippen molar-refractivity contribution in [1.82, 2.24) is 15.0 Å². The van der Waals surface area contributed by atoms with Gasteiger partial charge < -0.3 is 9.42 Å². The van der Waals surface area contributed by atoms with Crippen LogP contribution in [0, 0.1) is 5.82 Å². The van der Waals surface area contributed by atoms with Crippen LogP contribution >= 0.6 is 11.3 Å². The van der Waals surface area contributed by atoms with Gasteiger partial charge in [-0.1, -0.05) is 30.1 Å². The second kappa shape index (κ2) is 9.31. The fourth-order valence-corrected chi connectivity index (χ4v) is 4.48. The van der Waals surface area contributed by atoms with Crippen LogP contribution in [0.5, 0.6) is 0 Å². The van der Waals surface area contributed by atoms with Gasteiger partial charge in [0.2, 0.25) is 17.6 Å². The third kappa shape index (κ3) is 5.09. The highest BCUT2D eigenvalue weighted by Gasteiger charge is 2.26. The minimum Gasteiger partial charge on any atom is -0.339 e. The Morgan fingerprint density at radius 3 is 2.69 bits per heavy atom. The summed E-state index contributed by atoms with van der Waals surface area (Å²) in [5, 5.41) is 7.94. The van der Waals surface area contributed by atoms with E-state index in [1.54, 1.807) is 23.5 Å². The van der Waals surface area contributed by atoms with Crippen molar-refractivity contribution in [1.29, 1.82) is 0 Å². The molecule has 0 atom stereocenters. The summed E-state index contributed by atoms with van der Waals surface area (Å²) in [5.41, 5.74) is 1.97. The molecule has 152 valence electrons. The molecule has 1 saturated carbocycles. The number of benzene rings is 1. The first-order valence-electron chi connectivity index (χ1n) is 10.1. The fourth-order valence-electron chi connectivity index (χ4n) is 3.85. The van der Waals surface area contributed by atoms with E-state index in [0.717, 1.165) is 30.4 Å². The van der Waals surface area contributed by atoms with E-state index in [0.29, 0.717) is 37.1 Å². The number of thiophene rings is 1. The number of halogens is 1. The van der Waals surface area contributed by atoms with Gasteiger partial charge in [-0.15, -0.1) is 0 Å². The van der Waals surface area contributed by atoms with Crippen LogP contribution in [0.25, 0.3) is 11.4 Å². The first-order valence-corrected chi connectivity index (χ1v) is 11.0. The van der Waals surface area contributed by atoms with Gasteiger partial charge in [0.15, 0.2) is 0 Å². The van der Waals surface area contributed by atoms with Crippen molar-refractivity contribution in [3.8, 4) is 11.4 Å². The van der Waals surface area contributed by atoms with Gasteiger partial charge >= 0.3 is 0 Å². The molecule has 0 aliphatic heterocycles. The van der Waals surface area contributed by atoms with E-state index in [1.165, 1.54) is 25.0 Å². The van der Waals surface area contributed by atoms with E-state index in [1.807, 2.05) is 21.7 Å². The van der Waals surface area contributed by atoms with Crippen LogP contribution in [-0.4, -0.2) is 33.5 Å². The molecule has 0 saturated heterocycles. The number of nitrogens with zero attached hydrogens (tertiary/aromatic N) is 3. The van der Waals surface area contributed by atoms with Gasteiger partial charge in [-0.05, 0) is 48.4 Å².